The molecule has 2 aromatic rings. The van der Waals surface area contributed by atoms with E-state index in [1.165, 1.54) is 26.5 Å². The first-order chi connectivity index (χ1) is 10.1. The molecule has 112 valence electrons. The Hall–Kier alpha value is -1.77. The van der Waals surface area contributed by atoms with E-state index in [1.54, 1.807) is 12.1 Å². The van der Waals surface area contributed by atoms with E-state index in [1.807, 2.05) is 0 Å². The molecule has 0 radical (unpaired) electrons. The summed E-state index contributed by atoms with van der Waals surface area (Å²) in [6, 6.07) is 4.06. The number of ether oxygens (including phenoxy) is 2. The van der Waals surface area contributed by atoms with Crippen molar-refractivity contribution in [1.29, 1.82) is 0 Å². The quantitative estimate of drug-likeness (QED) is 0.629. The van der Waals surface area contributed by atoms with Crippen molar-refractivity contribution in [2.75, 3.05) is 14.2 Å². The third kappa shape index (κ3) is 3.29. The van der Waals surface area contributed by atoms with Crippen LogP contribution in [0.1, 0.15) is 17.3 Å². The summed E-state index contributed by atoms with van der Waals surface area (Å²) in [6.45, 7) is 0. The van der Waals surface area contributed by atoms with Gasteiger partial charge in [-0.05, 0) is 33.6 Å². The molecule has 1 aromatic carbocycles. The minimum atomic E-state index is -0.504. The predicted molar refractivity (Wildman–Crippen MR) is 78.4 cm³/mol. The van der Waals surface area contributed by atoms with Crippen LogP contribution < -0.4 is 20.7 Å². The van der Waals surface area contributed by atoms with Crippen molar-refractivity contribution in [3.05, 3.63) is 45.9 Å². The van der Waals surface area contributed by atoms with Crippen molar-refractivity contribution in [3.63, 3.8) is 0 Å². The van der Waals surface area contributed by atoms with Crippen molar-refractivity contribution in [3.8, 4) is 11.8 Å². The van der Waals surface area contributed by atoms with Crippen molar-refractivity contribution in [2.24, 2.45) is 5.84 Å². The largest absolute Gasteiger partial charge is 0.480 e. The molecule has 1 atom stereocenters. The average Bonchev–Trinajstić information content (AvgIpc) is 2.51. The van der Waals surface area contributed by atoms with Crippen LogP contribution in [0.15, 0.2) is 28.9 Å². The lowest BCUT2D eigenvalue weighted by molar-refractivity contribution is 0.352. The van der Waals surface area contributed by atoms with E-state index in [4.69, 9.17) is 15.3 Å². The molecule has 1 unspecified atom stereocenters. The molecule has 1 heterocycles. The molecule has 0 aliphatic heterocycles. The van der Waals surface area contributed by atoms with Gasteiger partial charge in [0.1, 0.15) is 11.5 Å². The summed E-state index contributed by atoms with van der Waals surface area (Å²) < 4.78 is 23.9. The van der Waals surface area contributed by atoms with Gasteiger partial charge in [-0.1, -0.05) is 6.07 Å². The lowest BCUT2D eigenvalue weighted by atomic mass is 10.0. The SMILES string of the molecule is COc1cnc(C(NN)c2ccc(F)c(Br)c2)c(OC)n1. The van der Waals surface area contributed by atoms with Gasteiger partial charge < -0.3 is 9.47 Å². The maximum Gasteiger partial charge on any atom is 0.240 e. The molecular weight excluding hydrogens is 343 g/mol. The molecule has 0 bridgehead atoms. The van der Waals surface area contributed by atoms with E-state index in [0.29, 0.717) is 21.6 Å². The molecule has 6 nitrogen and oxygen atoms in total. The van der Waals surface area contributed by atoms with E-state index < -0.39 is 6.04 Å². The highest BCUT2D eigenvalue weighted by Crippen LogP contribution is 2.29. The van der Waals surface area contributed by atoms with Gasteiger partial charge in [0.15, 0.2) is 0 Å². The van der Waals surface area contributed by atoms with Crippen molar-refractivity contribution < 1.29 is 13.9 Å². The third-order valence-electron chi connectivity index (χ3n) is 2.86. The molecule has 0 saturated carbocycles. The Bertz CT molecular complexity index is 642. The van der Waals surface area contributed by atoms with Crippen molar-refractivity contribution in [1.82, 2.24) is 15.4 Å². The molecule has 0 saturated heterocycles. The number of hydrogen-bond donors (Lipinski definition) is 2. The number of hydrogen-bond acceptors (Lipinski definition) is 6. The highest BCUT2D eigenvalue weighted by Gasteiger charge is 2.21. The number of halogens is 2. The second-order valence-electron chi connectivity index (χ2n) is 4.08. The summed E-state index contributed by atoms with van der Waals surface area (Å²) in [4.78, 5) is 8.41. The number of nitrogens with zero attached hydrogens (tertiary/aromatic N) is 2. The third-order valence-corrected chi connectivity index (χ3v) is 3.47. The first-order valence-corrected chi connectivity index (χ1v) is 6.76. The van der Waals surface area contributed by atoms with Gasteiger partial charge >= 0.3 is 0 Å². The van der Waals surface area contributed by atoms with Gasteiger partial charge in [0.25, 0.3) is 0 Å². The van der Waals surface area contributed by atoms with Crippen LogP contribution in [0.25, 0.3) is 0 Å². The fourth-order valence-corrected chi connectivity index (χ4v) is 2.23. The lowest BCUT2D eigenvalue weighted by Gasteiger charge is -2.18. The molecule has 2 rings (SSSR count). The van der Waals surface area contributed by atoms with Crippen LogP contribution in [-0.2, 0) is 0 Å². The summed E-state index contributed by atoms with van der Waals surface area (Å²) >= 11 is 3.14. The average molecular weight is 357 g/mol. The Morgan fingerprint density at radius 2 is 2.10 bits per heavy atom. The van der Waals surface area contributed by atoms with Gasteiger partial charge in [-0.25, -0.2) is 14.8 Å². The Balaban J connectivity index is 2.47. The summed E-state index contributed by atoms with van der Waals surface area (Å²) in [7, 11) is 2.96. The predicted octanol–water partition coefficient (Wildman–Crippen LogP) is 1.95. The number of nitrogens with one attached hydrogen (secondary N) is 1. The number of nitrogens with two attached hydrogens (primary N) is 1. The summed E-state index contributed by atoms with van der Waals surface area (Å²) in [5.41, 5.74) is 3.81. The minimum Gasteiger partial charge on any atom is -0.480 e. The monoisotopic (exact) mass is 356 g/mol. The standard InChI is InChI=1S/C13H14BrFN4O2/c1-20-10-6-17-12(13(18-10)21-2)11(19-16)7-3-4-9(15)8(14)5-7/h3-6,11,19H,16H2,1-2H3. The van der Waals surface area contributed by atoms with Crippen LogP contribution in [0.2, 0.25) is 0 Å². The van der Waals surface area contributed by atoms with E-state index >= 15 is 0 Å². The number of hydrazine groups is 1. The summed E-state index contributed by atoms with van der Waals surface area (Å²) in [6.07, 6.45) is 1.46. The van der Waals surface area contributed by atoms with Crippen molar-refractivity contribution >= 4 is 15.9 Å². The van der Waals surface area contributed by atoms with Crippen LogP contribution in [-0.4, -0.2) is 24.2 Å². The Morgan fingerprint density at radius 1 is 1.33 bits per heavy atom. The summed E-state index contributed by atoms with van der Waals surface area (Å²) in [5, 5.41) is 0. The number of aromatic nitrogens is 2. The molecule has 8 heteroatoms. The molecule has 0 aliphatic carbocycles. The van der Waals surface area contributed by atoms with E-state index in [-0.39, 0.29) is 11.7 Å². The zero-order chi connectivity index (χ0) is 15.4. The Labute approximate surface area is 129 Å². The van der Waals surface area contributed by atoms with Crippen LogP contribution >= 0.6 is 15.9 Å². The zero-order valence-corrected chi connectivity index (χ0v) is 13.0. The zero-order valence-electron chi connectivity index (χ0n) is 11.4. The second-order valence-corrected chi connectivity index (χ2v) is 4.93. The number of methoxy groups -OCH3 is 2. The molecule has 1 aromatic heterocycles. The second kappa shape index (κ2) is 6.79. The van der Waals surface area contributed by atoms with Crippen LogP contribution in [0.5, 0.6) is 11.8 Å². The maximum atomic E-state index is 13.3. The van der Waals surface area contributed by atoms with Gasteiger partial charge in [0.2, 0.25) is 11.8 Å². The van der Waals surface area contributed by atoms with Gasteiger partial charge in [-0.15, -0.1) is 0 Å². The van der Waals surface area contributed by atoms with Crippen molar-refractivity contribution in [2.45, 2.75) is 6.04 Å². The molecule has 0 fully saturated rings. The molecule has 0 aliphatic rings. The smallest absolute Gasteiger partial charge is 0.240 e. The molecular formula is C13H14BrFN4O2. The van der Waals surface area contributed by atoms with Crippen LogP contribution in [0, 0.1) is 5.82 Å². The normalized spacial score (nSPS) is 12.0. The first kappa shape index (κ1) is 15.6. The first-order valence-electron chi connectivity index (χ1n) is 5.96. The Kier molecular flexibility index (Phi) is 5.05. The molecule has 0 spiro atoms. The topological polar surface area (TPSA) is 82.3 Å². The van der Waals surface area contributed by atoms with Gasteiger partial charge in [-0.2, -0.15) is 4.98 Å². The van der Waals surface area contributed by atoms with E-state index in [0.717, 1.165) is 0 Å². The summed E-state index contributed by atoms with van der Waals surface area (Å²) in [5.74, 6) is 5.85. The van der Waals surface area contributed by atoms with Gasteiger partial charge in [0.05, 0.1) is 30.9 Å². The van der Waals surface area contributed by atoms with E-state index in [9.17, 15) is 4.39 Å². The fraction of sp³-hybridized carbons (Fsp3) is 0.231. The van der Waals surface area contributed by atoms with Gasteiger partial charge in [-0.3, -0.25) is 5.84 Å². The highest BCUT2D eigenvalue weighted by molar-refractivity contribution is 9.10. The molecule has 3 N–H and O–H groups in total. The van der Waals surface area contributed by atoms with E-state index in [2.05, 4.69) is 31.3 Å². The number of rotatable bonds is 5. The fourth-order valence-electron chi connectivity index (χ4n) is 1.84. The minimum absolute atomic E-state index is 0.276. The van der Waals surface area contributed by atoms with Gasteiger partial charge in [0, 0.05) is 0 Å². The number of benzene rings is 1. The Morgan fingerprint density at radius 3 is 2.67 bits per heavy atom. The maximum absolute atomic E-state index is 13.3. The molecule has 0 amide bonds. The highest BCUT2D eigenvalue weighted by atomic mass is 79.9. The van der Waals surface area contributed by atoms with Crippen LogP contribution in [0.4, 0.5) is 4.39 Å². The van der Waals surface area contributed by atoms with Crippen LogP contribution in [0.3, 0.4) is 0 Å². The lowest BCUT2D eigenvalue weighted by Crippen LogP contribution is -2.30. The molecule has 21 heavy (non-hydrogen) atoms.